The molecule has 0 aliphatic heterocycles. The molecule has 2 unspecified atom stereocenters. The number of rotatable bonds is 10. The maximum absolute atomic E-state index is 10.9. The molecule has 0 aromatic carbocycles. The van der Waals surface area contributed by atoms with Crippen molar-refractivity contribution in [3.8, 4) is 0 Å². The zero-order chi connectivity index (χ0) is 20.9. The Kier molecular flexibility index (Phi) is 16.6. The Labute approximate surface area is 158 Å². The number of carbonyl (C=O) groups excluding carboxylic acids is 4. The summed E-state index contributed by atoms with van der Waals surface area (Å²) < 4.78 is 0. The van der Waals surface area contributed by atoms with E-state index in [1.807, 2.05) is 0 Å². The van der Waals surface area contributed by atoms with Gasteiger partial charge >= 0.3 is 11.9 Å². The lowest BCUT2D eigenvalue weighted by molar-refractivity contribution is -0.142. The van der Waals surface area contributed by atoms with Crippen LogP contribution in [0.4, 0.5) is 0 Å². The van der Waals surface area contributed by atoms with Crippen molar-refractivity contribution in [2.75, 3.05) is 0 Å². The second kappa shape index (κ2) is 15.5. The first-order chi connectivity index (χ1) is 11.9. The summed E-state index contributed by atoms with van der Waals surface area (Å²) in [6.45, 7) is 5.23. The molecule has 0 heterocycles. The van der Waals surface area contributed by atoms with E-state index in [0.717, 1.165) is 0 Å². The Morgan fingerprint density at radius 2 is 1.15 bits per heavy atom. The molecule has 0 rings (SSSR count). The molecule has 0 saturated heterocycles. The highest BCUT2D eigenvalue weighted by molar-refractivity contribution is 5.87. The number of carbonyl (C=O) groups is 6. The van der Waals surface area contributed by atoms with Gasteiger partial charge in [0.2, 0.25) is 11.8 Å². The van der Waals surface area contributed by atoms with Crippen LogP contribution in [0, 0.1) is 0 Å². The van der Waals surface area contributed by atoms with Gasteiger partial charge in [-0.1, -0.05) is 7.43 Å². The number of hydrogen-bond acceptors (Lipinski definition) is 6. The number of hydrogen-bond donors (Lipinski definition) is 4. The van der Waals surface area contributed by atoms with Gasteiger partial charge in [0, 0.05) is 26.7 Å². The minimum Gasteiger partial charge on any atom is -0.481 e. The van der Waals surface area contributed by atoms with Crippen molar-refractivity contribution >= 4 is 35.3 Å². The van der Waals surface area contributed by atoms with Crippen molar-refractivity contribution in [2.24, 2.45) is 0 Å². The van der Waals surface area contributed by atoms with Crippen molar-refractivity contribution in [1.29, 1.82) is 0 Å². The third-order valence-electron chi connectivity index (χ3n) is 2.98. The molecule has 0 bridgehead atoms. The molecule has 4 N–H and O–H groups in total. The SMILES string of the molecule is C.CC(=O)CCC(NC(C)=O)C(=O)O.CC(=O)NC(CCC(=O)O)C(C)=O. The molecule has 0 aromatic heterocycles. The summed E-state index contributed by atoms with van der Waals surface area (Å²) in [7, 11) is 0. The molecule has 156 valence electrons. The summed E-state index contributed by atoms with van der Waals surface area (Å²) in [5, 5.41) is 21.6. The van der Waals surface area contributed by atoms with E-state index in [1.54, 1.807) is 0 Å². The van der Waals surface area contributed by atoms with Crippen LogP contribution in [0.5, 0.6) is 0 Å². The van der Waals surface area contributed by atoms with Crippen LogP contribution in [-0.4, -0.2) is 57.6 Å². The first-order valence-electron chi connectivity index (χ1n) is 7.85. The highest BCUT2D eigenvalue weighted by Crippen LogP contribution is 1.99. The standard InChI is InChI=1S/2C8H13NO4.CH4/c1-5(10)7(9-6(2)11)3-4-8(12)13;1-5(10)3-4-7(8(12)13)9-6(2)11;/h2*7H,3-4H2,1-2H3,(H,9,11)(H,12,13);1H4. The Balaban J connectivity index is -0.000000411. The van der Waals surface area contributed by atoms with E-state index in [4.69, 9.17) is 10.2 Å². The predicted molar refractivity (Wildman–Crippen MR) is 97.0 cm³/mol. The number of ketones is 2. The Morgan fingerprint density at radius 1 is 0.741 bits per heavy atom. The Hall–Kier alpha value is -2.78. The number of carboxylic acid groups (broad SMARTS) is 2. The first-order valence-corrected chi connectivity index (χ1v) is 7.85. The molecule has 0 aliphatic rings. The van der Waals surface area contributed by atoms with Gasteiger partial charge in [0.1, 0.15) is 11.8 Å². The van der Waals surface area contributed by atoms with Gasteiger partial charge in [-0.05, 0) is 26.7 Å². The fraction of sp³-hybridized carbons (Fsp3) is 0.647. The van der Waals surface area contributed by atoms with Crippen LogP contribution in [0.25, 0.3) is 0 Å². The summed E-state index contributed by atoms with van der Waals surface area (Å²) in [4.78, 5) is 63.3. The quantitative estimate of drug-likeness (QED) is 0.419. The molecule has 0 aromatic rings. The van der Waals surface area contributed by atoms with E-state index in [9.17, 15) is 28.8 Å². The summed E-state index contributed by atoms with van der Waals surface area (Å²) in [5.41, 5.74) is 0. The minimum absolute atomic E-state index is 0. The second-order valence-electron chi connectivity index (χ2n) is 5.63. The summed E-state index contributed by atoms with van der Waals surface area (Å²) >= 11 is 0. The average Bonchev–Trinajstić information content (AvgIpc) is 2.46. The molecule has 27 heavy (non-hydrogen) atoms. The zero-order valence-electron chi connectivity index (χ0n) is 15.3. The molecule has 2 amide bonds. The van der Waals surface area contributed by atoms with Crippen molar-refractivity contribution in [3.63, 3.8) is 0 Å². The molecular weight excluding hydrogens is 360 g/mol. The van der Waals surface area contributed by atoms with Crippen molar-refractivity contribution < 1.29 is 39.0 Å². The first kappa shape index (κ1) is 29.0. The highest BCUT2D eigenvalue weighted by atomic mass is 16.4. The third-order valence-corrected chi connectivity index (χ3v) is 2.98. The van der Waals surface area contributed by atoms with E-state index in [-0.39, 0.29) is 50.6 Å². The fourth-order valence-electron chi connectivity index (χ4n) is 1.74. The highest BCUT2D eigenvalue weighted by Gasteiger charge is 2.18. The topological polar surface area (TPSA) is 167 Å². The second-order valence-corrected chi connectivity index (χ2v) is 5.63. The molecule has 0 radical (unpaired) electrons. The summed E-state index contributed by atoms with van der Waals surface area (Å²) in [6.07, 6.45) is 0.330. The molecule has 0 spiro atoms. The smallest absolute Gasteiger partial charge is 0.326 e. The molecule has 10 nitrogen and oxygen atoms in total. The lowest BCUT2D eigenvalue weighted by Gasteiger charge is -2.12. The average molecular weight is 390 g/mol. The summed E-state index contributed by atoms with van der Waals surface area (Å²) in [5.74, 6) is -3.14. The Bertz CT molecular complexity index is 497. The van der Waals surface area contributed by atoms with E-state index in [0.29, 0.717) is 0 Å². The van der Waals surface area contributed by atoms with E-state index in [2.05, 4.69) is 10.6 Å². The maximum Gasteiger partial charge on any atom is 0.326 e. The van der Waals surface area contributed by atoms with Crippen LogP contribution < -0.4 is 10.6 Å². The largest absolute Gasteiger partial charge is 0.481 e. The molecule has 10 heteroatoms. The van der Waals surface area contributed by atoms with Crippen molar-refractivity contribution in [2.45, 2.75) is 72.9 Å². The van der Waals surface area contributed by atoms with Gasteiger partial charge in [-0.25, -0.2) is 4.79 Å². The number of nitrogens with one attached hydrogen (secondary N) is 2. The van der Waals surface area contributed by atoms with Gasteiger partial charge < -0.3 is 25.6 Å². The van der Waals surface area contributed by atoms with Gasteiger partial charge in [0.05, 0.1) is 6.04 Å². The molecule has 0 saturated carbocycles. The lowest BCUT2D eigenvalue weighted by atomic mass is 10.1. The van der Waals surface area contributed by atoms with Gasteiger partial charge in [-0.2, -0.15) is 0 Å². The van der Waals surface area contributed by atoms with Crippen LogP contribution >= 0.6 is 0 Å². The van der Waals surface area contributed by atoms with Crippen LogP contribution in [0.15, 0.2) is 0 Å². The number of Topliss-reactive ketones (excluding diaryl/α,β-unsaturated/α-hetero) is 2. The van der Waals surface area contributed by atoms with E-state index >= 15 is 0 Å². The van der Waals surface area contributed by atoms with E-state index < -0.39 is 29.9 Å². The zero-order valence-corrected chi connectivity index (χ0v) is 15.3. The third kappa shape index (κ3) is 19.4. The van der Waals surface area contributed by atoms with Crippen molar-refractivity contribution in [3.05, 3.63) is 0 Å². The van der Waals surface area contributed by atoms with Crippen LogP contribution in [0.1, 0.15) is 60.8 Å². The van der Waals surface area contributed by atoms with Gasteiger partial charge in [-0.3, -0.25) is 19.2 Å². The lowest BCUT2D eigenvalue weighted by Crippen LogP contribution is -2.39. The Morgan fingerprint density at radius 3 is 1.44 bits per heavy atom. The number of aliphatic carboxylic acids is 2. The van der Waals surface area contributed by atoms with Crippen LogP contribution in [0.3, 0.4) is 0 Å². The molecule has 0 fully saturated rings. The molecular formula is C17H30N2O8. The molecule has 2 atom stereocenters. The van der Waals surface area contributed by atoms with Crippen LogP contribution in [0.2, 0.25) is 0 Å². The minimum atomic E-state index is -1.11. The summed E-state index contributed by atoms with van der Waals surface area (Å²) in [6, 6.07) is -1.63. The van der Waals surface area contributed by atoms with E-state index in [1.165, 1.54) is 27.7 Å². The monoisotopic (exact) mass is 390 g/mol. The van der Waals surface area contributed by atoms with Crippen LogP contribution in [-0.2, 0) is 28.8 Å². The molecule has 0 aliphatic carbocycles. The van der Waals surface area contributed by atoms with Crippen molar-refractivity contribution in [1.82, 2.24) is 10.6 Å². The normalized spacial score (nSPS) is 11.4. The maximum atomic E-state index is 10.9. The fourth-order valence-corrected chi connectivity index (χ4v) is 1.74. The predicted octanol–water partition coefficient (Wildman–Crippen LogP) is 0.526. The van der Waals surface area contributed by atoms with Gasteiger partial charge in [-0.15, -0.1) is 0 Å². The van der Waals surface area contributed by atoms with Gasteiger partial charge in [0.25, 0.3) is 0 Å². The number of carboxylic acids is 2. The number of amides is 2. The van der Waals surface area contributed by atoms with Gasteiger partial charge in [0.15, 0.2) is 5.78 Å².